The molecule has 5 rings (SSSR count). The van der Waals surface area contributed by atoms with Gasteiger partial charge in [0.15, 0.2) is 0 Å². The predicted octanol–water partition coefficient (Wildman–Crippen LogP) is 7.09. The molecule has 3 unspecified atom stereocenters. The van der Waals surface area contributed by atoms with Crippen molar-refractivity contribution in [1.82, 2.24) is 30.3 Å². The summed E-state index contributed by atoms with van der Waals surface area (Å²) in [6.07, 6.45) is 4.03. The van der Waals surface area contributed by atoms with Gasteiger partial charge in [0.05, 0.1) is 34.9 Å². The van der Waals surface area contributed by atoms with Gasteiger partial charge in [0, 0.05) is 24.4 Å². The summed E-state index contributed by atoms with van der Waals surface area (Å²) in [5.74, 6) is -0.731. The van der Waals surface area contributed by atoms with E-state index in [2.05, 4.69) is 20.7 Å². The van der Waals surface area contributed by atoms with Gasteiger partial charge in [-0.15, -0.1) is 11.3 Å². The van der Waals surface area contributed by atoms with Crippen LogP contribution in [0.15, 0.2) is 60.4 Å². The third-order valence-corrected chi connectivity index (χ3v) is 9.61. The number of hydrogen-bond acceptors (Lipinski definition) is 8. The monoisotopic (exact) mass is 718 g/mol. The number of alkyl carbamates (subject to hydrolysis) is 1. The average molecular weight is 719 g/mol. The minimum atomic E-state index is -0.671. The first-order chi connectivity index (χ1) is 24.2. The Bertz CT molecular complexity index is 1830. The molecule has 1 aliphatic rings. The summed E-state index contributed by atoms with van der Waals surface area (Å²) in [6.45, 7) is 13.9. The van der Waals surface area contributed by atoms with Crippen molar-refractivity contribution in [2.24, 2.45) is 5.92 Å². The molecule has 0 aliphatic carbocycles. The molecule has 0 spiro atoms. The summed E-state index contributed by atoms with van der Waals surface area (Å²) in [6, 6.07) is 10.9. The van der Waals surface area contributed by atoms with E-state index in [-0.39, 0.29) is 42.7 Å². The zero-order valence-corrected chi connectivity index (χ0v) is 31.1. The van der Waals surface area contributed by atoms with Gasteiger partial charge in [0.2, 0.25) is 11.8 Å². The van der Waals surface area contributed by atoms with Crippen LogP contribution < -0.4 is 15.4 Å². The van der Waals surface area contributed by atoms with Crippen LogP contribution in [0.5, 0.6) is 5.75 Å². The Morgan fingerprint density at radius 2 is 1.80 bits per heavy atom. The first kappa shape index (κ1) is 37.5. The van der Waals surface area contributed by atoms with E-state index in [1.165, 1.54) is 12.1 Å². The van der Waals surface area contributed by atoms with Crippen molar-refractivity contribution in [2.45, 2.75) is 85.0 Å². The number of thiazole rings is 1. The Kier molecular flexibility index (Phi) is 11.8. The van der Waals surface area contributed by atoms with Crippen LogP contribution in [0.2, 0.25) is 0 Å². The van der Waals surface area contributed by atoms with Crippen LogP contribution in [0.4, 0.5) is 9.18 Å². The Labute approximate surface area is 302 Å². The van der Waals surface area contributed by atoms with Crippen LogP contribution in [-0.2, 0) is 14.3 Å². The number of likely N-dealkylation sites (tertiary alicyclic amines) is 1. The molecule has 13 heteroatoms. The fourth-order valence-electron chi connectivity index (χ4n) is 6.16. The van der Waals surface area contributed by atoms with Gasteiger partial charge < -0.3 is 25.0 Å². The van der Waals surface area contributed by atoms with E-state index in [0.29, 0.717) is 24.1 Å². The lowest BCUT2D eigenvalue weighted by molar-refractivity contribution is -0.142. The van der Waals surface area contributed by atoms with Crippen molar-refractivity contribution in [1.29, 1.82) is 0 Å². The van der Waals surface area contributed by atoms with Crippen molar-refractivity contribution >= 4 is 29.2 Å². The fraction of sp³-hybridized carbons (Fsp3) is 0.447. The summed E-state index contributed by atoms with van der Waals surface area (Å²) in [5.41, 5.74) is 5.38. The highest BCUT2D eigenvalue weighted by Gasteiger charge is 2.39. The number of benzene rings is 2. The Balaban J connectivity index is 1.23. The highest BCUT2D eigenvalue weighted by molar-refractivity contribution is 7.13. The van der Waals surface area contributed by atoms with E-state index >= 15 is 0 Å². The zero-order valence-electron chi connectivity index (χ0n) is 30.2. The van der Waals surface area contributed by atoms with Crippen molar-refractivity contribution in [2.75, 3.05) is 19.7 Å². The van der Waals surface area contributed by atoms with Crippen LogP contribution >= 0.6 is 11.3 Å². The number of rotatable bonds is 12. The van der Waals surface area contributed by atoms with Crippen molar-refractivity contribution in [3.8, 4) is 27.3 Å². The first-order valence-corrected chi connectivity index (χ1v) is 18.1. The number of aromatic nitrogens is 3. The molecule has 0 saturated carbocycles. The Morgan fingerprint density at radius 3 is 2.47 bits per heavy atom. The largest absolute Gasteiger partial charge is 0.492 e. The molecule has 2 aromatic heterocycles. The van der Waals surface area contributed by atoms with Crippen LogP contribution in [0, 0.1) is 18.7 Å². The maximum atomic E-state index is 14.7. The van der Waals surface area contributed by atoms with E-state index in [0.717, 1.165) is 28.1 Å². The molecule has 11 nitrogen and oxygen atoms in total. The maximum Gasteiger partial charge on any atom is 0.407 e. The molecular weight excluding hydrogens is 672 g/mol. The molecule has 272 valence electrons. The predicted molar refractivity (Wildman–Crippen MR) is 195 cm³/mol. The molecule has 3 heterocycles. The molecule has 3 amide bonds. The highest BCUT2D eigenvalue weighted by Crippen LogP contribution is 2.31. The molecule has 2 aromatic carbocycles. The fourth-order valence-corrected chi connectivity index (χ4v) is 6.97. The molecule has 0 bridgehead atoms. The third kappa shape index (κ3) is 9.52. The number of carbonyl (C=O) groups is 3. The number of halogens is 1. The molecule has 4 aromatic rings. The smallest absolute Gasteiger partial charge is 0.407 e. The van der Waals surface area contributed by atoms with E-state index in [9.17, 15) is 18.8 Å². The lowest BCUT2D eigenvalue weighted by Crippen LogP contribution is -2.49. The molecular formula is C38H47FN6O5S. The Hall–Kier alpha value is -4.78. The van der Waals surface area contributed by atoms with Gasteiger partial charge in [-0.05, 0) is 82.2 Å². The van der Waals surface area contributed by atoms with E-state index in [1.54, 1.807) is 60.1 Å². The number of aryl methyl sites for hydroxylation is 1. The quantitative estimate of drug-likeness (QED) is 0.150. The third-order valence-electron chi connectivity index (χ3n) is 8.63. The summed E-state index contributed by atoms with van der Waals surface area (Å²) < 4.78 is 27.2. The molecule has 3 atom stereocenters. The number of hydrogen-bond donors (Lipinski definition) is 2. The van der Waals surface area contributed by atoms with Gasteiger partial charge in [-0.1, -0.05) is 38.1 Å². The second kappa shape index (κ2) is 16.1. The SMILES string of the molecule is Cc1ncsc1-c1ccc(C(C)NC(=O)C2CCCN2C(=O)C(C(C)C)n2cc(-c3cc(F)cc(OCCNC(=O)OC(C)(C)C)c3)cn2)cc1. The topological polar surface area (TPSA) is 128 Å². The average Bonchev–Trinajstić information content (AvgIpc) is 3.84. The molecule has 1 aliphatic heterocycles. The molecule has 51 heavy (non-hydrogen) atoms. The minimum Gasteiger partial charge on any atom is -0.492 e. The summed E-state index contributed by atoms with van der Waals surface area (Å²) >= 11 is 1.60. The van der Waals surface area contributed by atoms with Gasteiger partial charge in [0.1, 0.15) is 35.9 Å². The lowest BCUT2D eigenvalue weighted by Gasteiger charge is -2.30. The van der Waals surface area contributed by atoms with Crippen LogP contribution in [0.1, 0.15) is 77.7 Å². The number of carbonyl (C=O) groups excluding carboxylic acids is 3. The minimum absolute atomic E-state index is 0.105. The molecule has 0 radical (unpaired) electrons. The van der Waals surface area contributed by atoms with E-state index in [4.69, 9.17) is 9.47 Å². The normalized spacial score (nSPS) is 15.8. The number of ether oxygens (including phenoxy) is 2. The maximum absolute atomic E-state index is 14.7. The first-order valence-electron chi connectivity index (χ1n) is 17.3. The van der Waals surface area contributed by atoms with Crippen molar-refractivity contribution < 1.29 is 28.2 Å². The second-order valence-electron chi connectivity index (χ2n) is 14.2. The zero-order chi connectivity index (χ0) is 36.9. The van der Waals surface area contributed by atoms with Crippen LogP contribution in [0.25, 0.3) is 21.6 Å². The van der Waals surface area contributed by atoms with Gasteiger partial charge in [-0.25, -0.2) is 14.2 Å². The summed E-state index contributed by atoms with van der Waals surface area (Å²) in [7, 11) is 0. The highest BCUT2D eigenvalue weighted by atomic mass is 32.1. The summed E-state index contributed by atoms with van der Waals surface area (Å²) in [5, 5.41) is 10.3. The Morgan fingerprint density at radius 1 is 1.06 bits per heavy atom. The number of nitrogens with one attached hydrogen (secondary N) is 2. The molecule has 1 fully saturated rings. The van der Waals surface area contributed by atoms with Gasteiger partial charge >= 0.3 is 6.09 Å². The van der Waals surface area contributed by atoms with Gasteiger partial charge in [-0.3, -0.25) is 14.3 Å². The van der Waals surface area contributed by atoms with Crippen LogP contribution in [0.3, 0.4) is 0 Å². The van der Waals surface area contributed by atoms with Gasteiger partial charge in [0.25, 0.3) is 0 Å². The van der Waals surface area contributed by atoms with Crippen molar-refractivity contribution in [3.05, 3.63) is 77.4 Å². The molecule has 1 saturated heterocycles. The second-order valence-corrected chi connectivity index (χ2v) is 15.0. The summed E-state index contributed by atoms with van der Waals surface area (Å²) in [4.78, 5) is 46.7. The van der Waals surface area contributed by atoms with Crippen LogP contribution in [-0.4, -0.2) is 68.9 Å². The lowest BCUT2D eigenvalue weighted by atomic mass is 10.0. The van der Waals surface area contributed by atoms with E-state index < -0.39 is 29.6 Å². The molecule has 2 N–H and O–H groups in total. The van der Waals surface area contributed by atoms with Gasteiger partial charge in [-0.2, -0.15) is 5.10 Å². The van der Waals surface area contributed by atoms with Crippen molar-refractivity contribution in [3.63, 3.8) is 0 Å². The van der Waals surface area contributed by atoms with E-state index in [1.807, 2.05) is 57.5 Å². The number of nitrogens with zero attached hydrogens (tertiary/aromatic N) is 4. The standard InChI is InChI=1S/C38H47FN6O5S/c1-23(2)33(45-21-29(20-42-45)28-17-30(39)19-31(18-28)49-16-14-40-37(48)50-38(5,6)7)36(47)44-15-8-9-32(44)35(46)43-24(3)26-10-12-27(13-11-26)34-25(4)41-22-51-34/h10-13,17-24,32-33H,8-9,14-16H2,1-7H3,(H,40,48)(H,43,46). The number of amides is 3.